The van der Waals surface area contributed by atoms with Gasteiger partial charge in [0.1, 0.15) is 0 Å². The Morgan fingerprint density at radius 1 is 1.00 bits per heavy atom. The summed E-state index contributed by atoms with van der Waals surface area (Å²) in [6.07, 6.45) is 1.78. The van der Waals surface area contributed by atoms with Crippen molar-refractivity contribution in [1.29, 1.82) is 0 Å². The predicted molar refractivity (Wildman–Crippen MR) is 107 cm³/mol. The summed E-state index contributed by atoms with van der Waals surface area (Å²) in [5.74, 6) is 0. The molecule has 0 atom stereocenters. The first-order valence-electron chi connectivity index (χ1n) is 7.31. The second kappa shape index (κ2) is 7.61. The van der Waals surface area contributed by atoms with Crippen molar-refractivity contribution >= 4 is 62.7 Å². The maximum atomic E-state index is 6.04. The van der Waals surface area contributed by atoms with E-state index in [4.69, 9.17) is 11.6 Å². The van der Waals surface area contributed by atoms with Crippen molar-refractivity contribution in [2.24, 2.45) is 0 Å². The van der Waals surface area contributed by atoms with Crippen molar-refractivity contribution in [3.63, 3.8) is 0 Å². The SMILES string of the molecule is Clc1ccc2c(Sc3nnc(NSc4ccccc4)s3)ccnc2c1. The molecule has 4 nitrogen and oxygen atoms in total. The normalized spacial score (nSPS) is 10.9. The van der Waals surface area contributed by atoms with E-state index in [1.54, 1.807) is 18.0 Å². The van der Waals surface area contributed by atoms with Crippen molar-refractivity contribution in [2.75, 3.05) is 4.72 Å². The summed E-state index contributed by atoms with van der Waals surface area (Å²) in [5, 5.41) is 11.0. The minimum Gasteiger partial charge on any atom is -0.300 e. The van der Waals surface area contributed by atoms with E-state index in [0.29, 0.717) is 5.02 Å². The minimum atomic E-state index is 0.683. The van der Waals surface area contributed by atoms with E-state index < -0.39 is 0 Å². The van der Waals surface area contributed by atoms with Gasteiger partial charge in [-0.3, -0.25) is 4.98 Å². The molecule has 0 bridgehead atoms. The van der Waals surface area contributed by atoms with Gasteiger partial charge in [0.25, 0.3) is 0 Å². The average Bonchev–Trinajstić information content (AvgIpc) is 3.08. The van der Waals surface area contributed by atoms with Crippen LogP contribution in [-0.2, 0) is 0 Å². The maximum absolute atomic E-state index is 6.04. The van der Waals surface area contributed by atoms with E-state index in [1.807, 2.05) is 54.6 Å². The molecule has 2 aromatic heterocycles. The fourth-order valence-electron chi connectivity index (χ4n) is 2.16. The molecule has 8 heteroatoms. The lowest BCUT2D eigenvalue weighted by Gasteiger charge is -2.03. The van der Waals surface area contributed by atoms with Gasteiger partial charge in [0.05, 0.1) is 5.52 Å². The Kier molecular flexibility index (Phi) is 5.07. The number of hydrogen-bond acceptors (Lipinski definition) is 7. The van der Waals surface area contributed by atoms with E-state index in [-0.39, 0.29) is 0 Å². The molecule has 4 aromatic rings. The van der Waals surface area contributed by atoms with Crippen LogP contribution in [0.4, 0.5) is 5.13 Å². The van der Waals surface area contributed by atoms with Crippen LogP contribution < -0.4 is 4.72 Å². The van der Waals surface area contributed by atoms with Crippen LogP contribution >= 0.6 is 46.6 Å². The molecule has 4 rings (SSSR count). The summed E-state index contributed by atoms with van der Waals surface area (Å²) in [5.41, 5.74) is 0.875. The van der Waals surface area contributed by atoms with Gasteiger partial charge in [-0.2, -0.15) is 0 Å². The standard InChI is InChI=1S/C17H11ClN4S3/c18-11-6-7-13-14(10-11)19-9-8-15(13)23-17-21-20-16(24-17)22-25-12-4-2-1-3-5-12/h1-10H,(H,20,22). The Bertz CT molecular complexity index is 1010. The first-order valence-corrected chi connectivity index (χ1v) is 10.1. The molecule has 0 saturated carbocycles. The highest BCUT2D eigenvalue weighted by molar-refractivity contribution is 8.02. The van der Waals surface area contributed by atoms with E-state index in [1.165, 1.54) is 23.3 Å². The van der Waals surface area contributed by atoms with Gasteiger partial charge >= 0.3 is 0 Å². The molecule has 0 saturated heterocycles. The Labute approximate surface area is 162 Å². The molecule has 0 aliphatic heterocycles. The number of rotatable bonds is 5. The summed E-state index contributed by atoms with van der Waals surface area (Å²) < 4.78 is 4.10. The molecule has 0 amide bonds. The monoisotopic (exact) mass is 402 g/mol. The summed E-state index contributed by atoms with van der Waals surface area (Å²) in [7, 11) is 0. The zero-order chi connectivity index (χ0) is 17.1. The summed E-state index contributed by atoms with van der Waals surface area (Å²) in [6.45, 7) is 0. The van der Waals surface area contributed by atoms with Crippen LogP contribution in [0.2, 0.25) is 5.02 Å². The van der Waals surface area contributed by atoms with Gasteiger partial charge < -0.3 is 4.72 Å². The Morgan fingerprint density at radius 3 is 2.76 bits per heavy atom. The number of halogens is 1. The van der Waals surface area contributed by atoms with E-state index in [2.05, 4.69) is 19.9 Å². The highest BCUT2D eigenvalue weighted by Gasteiger charge is 2.09. The molecule has 0 aliphatic carbocycles. The van der Waals surface area contributed by atoms with Gasteiger partial charge in [0, 0.05) is 26.4 Å². The number of aromatic nitrogens is 3. The number of benzene rings is 2. The van der Waals surface area contributed by atoms with Crippen molar-refractivity contribution in [3.8, 4) is 0 Å². The van der Waals surface area contributed by atoms with Crippen LogP contribution in [0.5, 0.6) is 0 Å². The molecule has 1 N–H and O–H groups in total. The smallest absolute Gasteiger partial charge is 0.216 e. The predicted octanol–water partition coefficient (Wildman–Crippen LogP) is 6.01. The second-order valence-electron chi connectivity index (χ2n) is 4.96. The van der Waals surface area contributed by atoms with Crippen molar-refractivity contribution in [1.82, 2.24) is 15.2 Å². The molecule has 0 aliphatic rings. The van der Waals surface area contributed by atoms with Crippen LogP contribution in [0.15, 0.2) is 74.9 Å². The zero-order valence-electron chi connectivity index (χ0n) is 12.7. The van der Waals surface area contributed by atoms with Gasteiger partial charge in [-0.05, 0) is 42.3 Å². The first kappa shape index (κ1) is 16.7. The van der Waals surface area contributed by atoms with Gasteiger partial charge in [-0.15, -0.1) is 10.2 Å². The molecular formula is C17H11ClN4S3. The topological polar surface area (TPSA) is 50.7 Å². The van der Waals surface area contributed by atoms with Crippen LogP contribution in [0.25, 0.3) is 10.9 Å². The molecular weight excluding hydrogens is 392 g/mol. The highest BCUT2D eigenvalue weighted by atomic mass is 35.5. The van der Waals surface area contributed by atoms with Crippen LogP contribution in [0.3, 0.4) is 0 Å². The van der Waals surface area contributed by atoms with Gasteiger partial charge in [-0.25, -0.2) is 0 Å². The molecule has 0 fully saturated rings. The van der Waals surface area contributed by atoms with Gasteiger partial charge in [0.2, 0.25) is 5.13 Å². The van der Waals surface area contributed by atoms with Crippen LogP contribution in [-0.4, -0.2) is 15.2 Å². The summed E-state index contributed by atoms with van der Waals surface area (Å²) in [4.78, 5) is 6.58. The van der Waals surface area contributed by atoms with Gasteiger partial charge in [0.15, 0.2) is 4.34 Å². The molecule has 0 spiro atoms. The van der Waals surface area contributed by atoms with Crippen molar-refractivity contribution < 1.29 is 0 Å². The third-order valence-corrected chi connectivity index (χ3v) is 6.40. The number of nitrogens with zero attached hydrogens (tertiary/aromatic N) is 3. The molecule has 124 valence electrons. The number of pyridine rings is 1. The largest absolute Gasteiger partial charge is 0.300 e. The zero-order valence-corrected chi connectivity index (χ0v) is 15.9. The van der Waals surface area contributed by atoms with Gasteiger partial charge in [-0.1, -0.05) is 59.0 Å². The third-order valence-electron chi connectivity index (χ3n) is 3.27. The molecule has 25 heavy (non-hydrogen) atoms. The number of nitrogens with one attached hydrogen (secondary N) is 1. The van der Waals surface area contributed by atoms with Crippen LogP contribution in [0.1, 0.15) is 0 Å². The van der Waals surface area contributed by atoms with Crippen molar-refractivity contribution in [2.45, 2.75) is 14.1 Å². The second-order valence-corrected chi connectivity index (χ2v) is 8.55. The average molecular weight is 403 g/mol. The van der Waals surface area contributed by atoms with E-state index in [0.717, 1.165) is 30.2 Å². The lowest BCUT2D eigenvalue weighted by atomic mass is 10.2. The number of fused-ring (bicyclic) bond motifs is 1. The molecule has 2 heterocycles. The van der Waals surface area contributed by atoms with Crippen molar-refractivity contribution in [3.05, 3.63) is 65.8 Å². The minimum absolute atomic E-state index is 0.683. The maximum Gasteiger partial charge on any atom is 0.216 e. The van der Waals surface area contributed by atoms with E-state index >= 15 is 0 Å². The van der Waals surface area contributed by atoms with Crippen LogP contribution in [0, 0.1) is 0 Å². The molecule has 0 radical (unpaired) electrons. The number of anilines is 1. The molecule has 2 aromatic carbocycles. The number of hydrogen-bond donors (Lipinski definition) is 1. The summed E-state index contributed by atoms with van der Waals surface area (Å²) in [6, 6.07) is 17.8. The Morgan fingerprint density at radius 2 is 1.88 bits per heavy atom. The van der Waals surface area contributed by atoms with E-state index in [9.17, 15) is 0 Å². The third kappa shape index (κ3) is 4.07. The summed E-state index contributed by atoms with van der Waals surface area (Å²) >= 11 is 10.7. The fraction of sp³-hybridized carbons (Fsp3) is 0. The quantitative estimate of drug-likeness (QED) is 0.412. The lowest BCUT2D eigenvalue weighted by Crippen LogP contribution is -1.84. The first-order chi connectivity index (χ1) is 12.3. The fourth-order valence-corrected chi connectivity index (χ4v) is 4.84. The lowest BCUT2D eigenvalue weighted by molar-refractivity contribution is 1.02. The highest BCUT2D eigenvalue weighted by Crippen LogP contribution is 2.36. The Hall–Kier alpha value is -1.80. The Balaban J connectivity index is 1.50. The molecule has 0 unspecified atom stereocenters.